The van der Waals surface area contributed by atoms with Crippen LogP contribution in [0.1, 0.15) is 6.92 Å². The zero-order chi connectivity index (χ0) is 12.8. The second-order valence-electron chi connectivity index (χ2n) is 4.02. The summed E-state index contributed by atoms with van der Waals surface area (Å²) in [5.74, 6) is -0.283. The average Bonchev–Trinajstić information content (AvgIpc) is 2.30. The standard InChI is InChI=1S/C11H17N3O3/c1-8(7-15)4-13-10(16)6-14-5-9(12)2-3-11(14)17/h2-3,5,8,15H,4,6-7,12H2,1H3,(H,13,16). The van der Waals surface area contributed by atoms with E-state index in [4.69, 9.17) is 10.8 Å². The molecule has 6 heteroatoms. The van der Waals surface area contributed by atoms with E-state index in [1.54, 1.807) is 0 Å². The molecule has 0 aliphatic rings. The van der Waals surface area contributed by atoms with Crippen molar-refractivity contribution in [3.63, 3.8) is 0 Å². The Morgan fingerprint density at radius 3 is 2.94 bits per heavy atom. The largest absolute Gasteiger partial charge is 0.398 e. The molecule has 0 saturated carbocycles. The summed E-state index contributed by atoms with van der Waals surface area (Å²) in [6.07, 6.45) is 1.43. The highest BCUT2D eigenvalue weighted by Gasteiger charge is 2.06. The summed E-state index contributed by atoms with van der Waals surface area (Å²) in [6.45, 7) is 2.14. The number of nitrogens with zero attached hydrogens (tertiary/aromatic N) is 1. The molecular formula is C11H17N3O3. The van der Waals surface area contributed by atoms with Gasteiger partial charge < -0.3 is 20.7 Å². The van der Waals surface area contributed by atoms with Crippen LogP contribution in [-0.2, 0) is 11.3 Å². The summed E-state index contributed by atoms with van der Waals surface area (Å²) in [5.41, 5.74) is 5.68. The van der Waals surface area contributed by atoms with E-state index in [1.165, 1.54) is 22.9 Å². The number of nitrogens with one attached hydrogen (secondary N) is 1. The first kappa shape index (κ1) is 13.2. The summed E-state index contributed by atoms with van der Waals surface area (Å²) in [5, 5.41) is 11.4. The lowest BCUT2D eigenvalue weighted by Crippen LogP contribution is -2.35. The number of rotatable bonds is 5. The molecule has 4 N–H and O–H groups in total. The monoisotopic (exact) mass is 239 g/mol. The highest BCUT2D eigenvalue weighted by atomic mass is 16.3. The molecule has 1 rings (SSSR count). The molecule has 1 heterocycles. The normalized spacial score (nSPS) is 12.1. The van der Waals surface area contributed by atoms with Crippen LogP contribution in [0.2, 0.25) is 0 Å². The van der Waals surface area contributed by atoms with E-state index in [1.807, 2.05) is 6.92 Å². The lowest BCUT2D eigenvalue weighted by molar-refractivity contribution is -0.121. The number of hydrogen-bond donors (Lipinski definition) is 3. The van der Waals surface area contributed by atoms with Gasteiger partial charge in [-0.15, -0.1) is 0 Å². The number of carbonyl (C=O) groups excluding carboxylic acids is 1. The summed E-state index contributed by atoms with van der Waals surface area (Å²) in [6, 6.07) is 2.81. The number of amides is 1. The minimum atomic E-state index is -0.280. The Morgan fingerprint density at radius 2 is 2.29 bits per heavy atom. The highest BCUT2D eigenvalue weighted by Crippen LogP contribution is 1.95. The van der Waals surface area contributed by atoms with Crippen molar-refractivity contribution in [1.82, 2.24) is 9.88 Å². The average molecular weight is 239 g/mol. The molecule has 0 aromatic carbocycles. The van der Waals surface area contributed by atoms with Crippen LogP contribution in [0, 0.1) is 5.92 Å². The number of aliphatic hydroxyl groups is 1. The fourth-order valence-corrected chi connectivity index (χ4v) is 1.24. The molecule has 0 aliphatic carbocycles. The Balaban J connectivity index is 2.56. The predicted molar refractivity (Wildman–Crippen MR) is 64.4 cm³/mol. The fourth-order valence-electron chi connectivity index (χ4n) is 1.24. The third kappa shape index (κ3) is 4.28. The molecule has 0 bridgehead atoms. The number of nitrogen functional groups attached to an aromatic ring is 1. The Kier molecular flexibility index (Phi) is 4.71. The number of aromatic nitrogens is 1. The minimum absolute atomic E-state index is 0.00323. The molecule has 0 radical (unpaired) electrons. The van der Waals surface area contributed by atoms with Gasteiger partial charge in [-0.1, -0.05) is 6.92 Å². The predicted octanol–water partition coefficient (Wildman–Crippen LogP) is -0.825. The molecule has 1 amide bonds. The Morgan fingerprint density at radius 1 is 1.59 bits per heavy atom. The van der Waals surface area contributed by atoms with Crippen LogP contribution in [0.3, 0.4) is 0 Å². The maximum Gasteiger partial charge on any atom is 0.251 e. The Hall–Kier alpha value is -1.82. The zero-order valence-electron chi connectivity index (χ0n) is 9.72. The lowest BCUT2D eigenvalue weighted by Gasteiger charge is -2.10. The summed E-state index contributed by atoms with van der Waals surface area (Å²) < 4.78 is 1.24. The molecule has 1 atom stereocenters. The van der Waals surface area contributed by atoms with E-state index >= 15 is 0 Å². The molecule has 94 valence electrons. The summed E-state index contributed by atoms with van der Waals surface area (Å²) in [4.78, 5) is 22.9. The smallest absolute Gasteiger partial charge is 0.251 e. The number of hydrogen-bond acceptors (Lipinski definition) is 4. The first-order chi connectivity index (χ1) is 8.02. The van der Waals surface area contributed by atoms with Crippen molar-refractivity contribution in [2.75, 3.05) is 18.9 Å². The van der Waals surface area contributed by atoms with Crippen molar-refractivity contribution in [3.05, 3.63) is 28.7 Å². The first-order valence-corrected chi connectivity index (χ1v) is 5.36. The molecular weight excluding hydrogens is 222 g/mol. The summed E-state index contributed by atoms with van der Waals surface area (Å²) in [7, 11) is 0. The second-order valence-corrected chi connectivity index (χ2v) is 4.02. The van der Waals surface area contributed by atoms with Crippen LogP contribution >= 0.6 is 0 Å². The van der Waals surface area contributed by atoms with Crippen LogP contribution in [0.25, 0.3) is 0 Å². The SMILES string of the molecule is CC(CO)CNC(=O)Cn1cc(N)ccc1=O. The molecule has 1 aromatic heterocycles. The van der Waals surface area contributed by atoms with Crippen molar-refractivity contribution < 1.29 is 9.90 Å². The molecule has 1 aromatic rings. The third-order valence-electron chi connectivity index (χ3n) is 2.28. The van der Waals surface area contributed by atoms with Gasteiger partial charge in [0.15, 0.2) is 0 Å². The van der Waals surface area contributed by atoms with Crippen molar-refractivity contribution in [2.45, 2.75) is 13.5 Å². The van der Waals surface area contributed by atoms with E-state index in [9.17, 15) is 9.59 Å². The van der Waals surface area contributed by atoms with Crippen LogP contribution in [0.4, 0.5) is 5.69 Å². The highest BCUT2D eigenvalue weighted by molar-refractivity contribution is 5.75. The molecule has 17 heavy (non-hydrogen) atoms. The van der Waals surface area contributed by atoms with Crippen molar-refractivity contribution in [2.24, 2.45) is 5.92 Å². The first-order valence-electron chi connectivity index (χ1n) is 5.36. The molecule has 6 nitrogen and oxygen atoms in total. The quantitative estimate of drug-likeness (QED) is 0.625. The van der Waals surface area contributed by atoms with Gasteiger partial charge in [0.05, 0.1) is 0 Å². The molecule has 0 fully saturated rings. The van der Waals surface area contributed by atoms with E-state index in [2.05, 4.69) is 5.32 Å². The van der Waals surface area contributed by atoms with Crippen LogP contribution < -0.4 is 16.6 Å². The maximum atomic E-state index is 11.5. The second kappa shape index (κ2) is 6.05. The van der Waals surface area contributed by atoms with E-state index in [-0.39, 0.29) is 30.5 Å². The van der Waals surface area contributed by atoms with Crippen molar-refractivity contribution >= 4 is 11.6 Å². The van der Waals surface area contributed by atoms with Crippen LogP contribution in [-0.4, -0.2) is 28.7 Å². The van der Waals surface area contributed by atoms with Crippen LogP contribution in [0.15, 0.2) is 23.1 Å². The Bertz CT molecular complexity index is 442. The zero-order valence-corrected chi connectivity index (χ0v) is 9.72. The van der Waals surface area contributed by atoms with Gasteiger partial charge in [0.1, 0.15) is 6.54 Å². The van der Waals surface area contributed by atoms with Crippen molar-refractivity contribution in [1.29, 1.82) is 0 Å². The molecule has 0 aliphatic heterocycles. The van der Waals surface area contributed by atoms with Gasteiger partial charge >= 0.3 is 0 Å². The number of nitrogens with two attached hydrogens (primary N) is 1. The van der Waals surface area contributed by atoms with Crippen molar-refractivity contribution in [3.8, 4) is 0 Å². The Labute approximate surface area is 99.1 Å². The van der Waals surface area contributed by atoms with Gasteiger partial charge in [-0.2, -0.15) is 0 Å². The van der Waals surface area contributed by atoms with E-state index in [0.717, 1.165) is 0 Å². The maximum absolute atomic E-state index is 11.5. The molecule has 0 saturated heterocycles. The molecule has 0 spiro atoms. The lowest BCUT2D eigenvalue weighted by atomic mass is 10.2. The number of pyridine rings is 1. The van der Waals surface area contributed by atoms with E-state index in [0.29, 0.717) is 12.2 Å². The number of anilines is 1. The van der Waals surface area contributed by atoms with Gasteiger partial charge in [-0.05, 0) is 12.0 Å². The van der Waals surface area contributed by atoms with Gasteiger partial charge in [0.25, 0.3) is 5.56 Å². The van der Waals surface area contributed by atoms with E-state index < -0.39 is 0 Å². The fraction of sp³-hybridized carbons (Fsp3) is 0.455. The van der Waals surface area contributed by atoms with Gasteiger partial charge in [-0.3, -0.25) is 9.59 Å². The number of aliphatic hydroxyl groups excluding tert-OH is 1. The van der Waals surface area contributed by atoms with Gasteiger partial charge in [0, 0.05) is 31.1 Å². The third-order valence-corrected chi connectivity index (χ3v) is 2.28. The van der Waals surface area contributed by atoms with Gasteiger partial charge in [0.2, 0.25) is 5.91 Å². The van der Waals surface area contributed by atoms with Crippen LogP contribution in [0.5, 0.6) is 0 Å². The summed E-state index contributed by atoms with van der Waals surface area (Å²) >= 11 is 0. The molecule has 1 unspecified atom stereocenters. The topological polar surface area (TPSA) is 97.3 Å². The minimum Gasteiger partial charge on any atom is -0.398 e. The van der Waals surface area contributed by atoms with Gasteiger partial charge in [-0.25, -0.2) is 0 Å². The number of carbonyl (C=O) groups is 1.